The zero-order chi connectivity index (χ0) is 25.0. The van der Waals surface area contributed by atoms with Gasteiger partial charge in [-0.15, -0.1) is 0 Å². The molecule has 2 aromatic carbocycles. The summed E-state index contributed by atoms with van der Waals surface area (Å²) >= 11 is 12.0. The highest BCUT2D eigenvalue weighted by molar-refractivity contribution is 7.89. The van der Waals surface area contributed by atoms with Gasteiger partial charge in [-0.2, -0.15) is 9.40 Å². The van der Waals surface area contributed by atoms with E-state index in [1.165, 1.54) is 41.7 Å². The van der Waals surface area contributed by atoms with E-state index < -0.39 is 21.4 Å². The minimum Gasteiger partial charge on any atom is -0.469 e. The zero-order valence-corrected chi connectivity index (χ0v) is 21.1. The quantitative estimate of drug-likeness (QED) is 0.463. The third kappa shape index (κ3) is 4.04. The summed E-state index contributed by atoms with van der Waals surface area (Å²) in [5, 5.41) is 4.89. The summed E-state index contributed by atoms with van der Waals surface area (Å²) in [5.74, 6) is -0.939. The SMILES string of the molecule is COC(=O)C12Cc3cnn(-c4ccc(F)cc4)c3CC1CCN(S(=O)(=O)c1ccc(Cl)c(Cl)c1)C2. The van der Waals surface area contributed by atoms with Crippen LogP contribution in [-0.4, -0.2) is 48.7 Å². The first-order valence-corrected chi connectivity index (χ1v) is 13.2. The molecule has 5 rings (SSSR count). The number of methoxy groups -OCH3 is 1. The van der Waals surface area contributed by atoms with Crippen LogP contribution in [0.15, 0.2) is 53.6 Å². The van der Waals surface area contributed by atoms with E-state index in [1.54, 1.807) is 23.0 Å². The number of aromatic nitrogens is 2. The van der Waals surface area contributed by atoms with Crippen LogP contribution >= 0.6 is 23.2 Å². The van der Waals surface area contributed by atoms with E-state index >= 15 is 0 Å². The van der Waals surface area contributed by atoms with Crippen molar-refractivity contribution in [3.05, 3.63) is 75.8 Å². The molecular weight excluding hydrogens is 516 g/mol. The predicted molar refractivity (Wildman–Crippen MR) is 129 cm³/mol. The maximum absolute atomic E-state index is 13.5. The highest BCUT2D eigenvalue weighted by atomic mass is 35.5. The monoisotopic (exact) mass is 537 g/mol. The summed E-state index contributed by atoms with van der Waals surface area (Å²) in [6, 6.07) is 10.2. The summed E-state index contributed by atoms with van der Waals surface area (Å²) in [6.07, 6.45) is 2.95. The second-order valence-corrected chi connectivity index (χ2v) is 11.7. The fraction of sp³-hybridized carbons (Fsp3) is 0.333. The van der Waals surface area contributed by atoms with Gasteiger partial charge in [-0.3, -0.25) is 4.79 Å². The van der Waals surface area contributed by atoms with Crippen molar-refractivity contribution in [2.24, 2.45) is 11.3 Å². The van der Waals surface area contributed by atoms with Crippen molar-refractivity contribution in [2.45, 2.75) is 24.2 Å². The van der Waals surface area contributed by atoms with Crippen LogP contribution in [0.2, 0.25) is 10.0 Å². The van der Waals surface area contributed by atoms with Gasteiger partial charge in [-0.05, 0) is 73.2 Å². The predicted octanol–water partition coefficient (Wildman–Crippen LogP) is 4.29. The van der Waals surface area contributed by atoms with Crippen LogP contribution in [0.5, 0.6) is 0 Å². The summed E-state index contributed by atoms with van der Waals surface area (Å²) in [4.78, 5) is 13.2. The van der Waals surface area contributed by atoms with Crippen LogP contribution in [-0.2, 0) is 32.4 Å². The molecule has 0 N–H and O–H groups in total. The van der Waals surface area contributed by atoms with Crippen molar-refractivity contribution in [1.82, 2.24) is 14.1 Å². The minimum atomic E-state index is -3.92. The Hall–Kier alpha value is -2.46. The van der Waals surface area contributed by atoms with Gasteiger partial charge in [0.05, 0.1) is 39.3 Å². The lowest BCUT2D eigenvalue weighted by Gasteiger charge is -2.48. The van der Waals surface area contributed by atoms with E-state index in [9.17, 15) is 17.6 Å². The molecule has 7 nitrogen and oxygen atoms in total. The van der Waals surface area contributed by atoms with Gasteiger partial charge in [-0.25, -0.2) is 17.5 Å². The van der Waals surface area contributed by atoms with Crippen molar-refractivity contribution in [3.63, 3.8) is 0 Å². The van der Waals surface area contributed by atoms with Gasteiger partial charge in [0.15, 0.2) is 0 Å². The van der Waals surface area contributed by atoms with Crippen molar-refractivity contribution in [2.75, 3.05) is 20.2 Å². The van der Waals surface area contributed by atoms with E-state index in [2.05, 4.69) is 5.10 Å². The average Bonchev–Trinajstić information content (AvgIpc) is 3.25. The van der Waals surface area contributed by atoms with Gasteiger partial charge in [0.2, 0.25) is 10.0 Å². The second kappa shape index (κ2) is 8.89. The summed E-state index contributed by atoms with van der Waals surface area (Å²) < 4.78 is 48.6. The number of sulfonamides is 1. The summed E-state index contributed by atoms with van der Waals surface area (Å²) in [7, 11) is -2.61. The van der Waals surface area contributed by atoms with E-state index in [0.717, 1.165) is 16.9 Å². The number of rotatable bonds is 4. The molecule has 11 heteroatoms. The van der Waals surface area contributed by atoms with Crippen LogP contribution in [0.1, 0.15) is 17.7 Å². The van der Waals surface area contributed by atoms with Crippen molar-refractivity contribution in [1.29, 1.82) is 0 Å². The molecule has 0 saturated carbocycles. The largest absolute Gasteiger partial charge is 0.469 e. The first-order chi connectivity index (χ1) is 16.7. The van der Waals surface area contributed by atoms with Gasteiger partial charge in [0.1, 0.15) is 5.82 Å². The van der Waals surface area contributed by atoms with Crippen LogP contribution in [0, 0.1) is 17.2 Å². The van der Waals surface area contributed by atoms with Gasteiger partial charge < -0.3 is 4.74 Å². The highest BCUT2D eigenvalue weighted by Crippen LogP contribution is 2.47. The number of benzene rings is 2. The molecule has 2 unspecified atom stereocenters. The lowest BCUT2D eigenvalue weighted by atomic mass is 9.63. The lowest BCUT2D eigenvalue weighted by molar-refractivity contribution is -0.160. The normalized spacial score (nSPS) is 22.3. The fourth-order valence-corrected chi connectivity index (χ4v) is 7.16. The van der Waals surface area contributed by atoms with Crippen LogP contribution < -0.4 is 0 Å². The van der Waals surface area contributed by atoms with Gasteiger partial charge in [0.25, 0.3) is 0 Å². The number of hydrogen-bond donors (Lipinski definition) is 0. The molecule has 1 aromatic heterocycles. The Morgan fingerprint density at radius 1 is 1.17 bits per heavy atom. The Kier molecular flexibility index (Phi) is 6.15. The highest BCUT2D eigenvalue weighted by Gasteiger charge is 2.55. The molecule has 184 valence electrons. The number of nitrogens with zero attached hydrogens (tertiary/aromatic N) is 3. The standard InChI is InChI=1S/C24H22Cl2FN3O4S/c1-34-23(31)24-12-15-13-28-30(18-4-2-17(27)3-5-18)22(15)10-16(24)8-9-29(14-24)35(32,33)19-6-7-20(25)21(26)11-19/h2-7,11,13,16H,8-10,12,14H2,1H3. The Balaban J connectivity index is 1.51. The fourth-order valence-electron chi connectivity index (χ4n) is 5.25. The first-order valence-electron chi connectivity index (χ1n) is 11.0. The topological polar surface area (TPSA) is 81.5 Å². The molecule has 2 heterocycles. The lowest BCUT2D eigenvalue weighted by Crippen LogP contribution is -2.58. The molecule has 0 spiro atoms. The molecule has 3 aromatic rings. The van der Waals surface area contributed by atoms with Crippen LogP contribution in [0.4, 0.5) is 4.39 Å². The number of carbonyl (C=O) groups is 1. The number of fused-ring (bicyclic) bond motifs is 2. The Morgan fingerprint density at radius 3 is 2.60 bits per heavy atom. The number of halogens is 3. The number of piperidine rings is 1. The van der Waals surface area contributed by atoms with Gasteiger partial charge in [-0.1, -0.05) is 23.2 Å². The second-order valence-electron chi connectivity index (χ2n) is 8.93. The third-order valence-electron chi connectivity index (χ3n) is 7.06. The minimum absolute atomic E-state index is 0.0194. The molecule has 1 aliphatic heterocycles. The zero-order valence-electron chi connectivity index (χ0n) is 18.7. The van der Waals surface area contributed by atoms with E-state index in [4.69, 9.17) is 27.9 Å². The summed E-state index contributed by atoms with van der Waals surface area (Å²) in [6.45, 7) is 0.222. The number of carbonyl (C=O) groups excluding carboxylic acids is 1. The summed E-state index contributed by atoms with van der Waals surface area (Å²) in [5.41, 5.74) is 1.43. The molecule has 1 aliphatic carbocycles. The molecule has 2 aliphatic rings. The van der Waals surface area contributed by atoms with Crippen LogP contribution in [0.3, 0.4) is 0 Å². The van der Waals surface area contributed by atoms with Gasteiger partial charge in [0, 0.05) is 18.8 Å². The van der Waals surface area contributed by atoms with Crippen molar-refractivity contribution in [3.8, 4) is 5.69 Å². The maximum atomic E-state index is 13.5. The Labute approximate surface area is 212 Å². The molecule has 35 heavy (non-hydrogen) atoms. The van der Waals surface area contributed by atoms with Crippen molar-refractivity contribution < 1.29 is 22.3 Å². The Bertz CT molecular complexity index is 1410. The Morgan fingerprint density at radius 2 is 1.91 bits per heavy atom. The first kappa shape index (κ1) is 24.2. The maximum Gasteiger partial charge on any atom is 0.313 e. The smallest absolute Gasteiger partial charge is 0.313 e. The number of ether oxygens (including phenoxy) is 1. The molecule has 0 bridgehead atoms. The molecular formula is C24H22Cl2FN3O4S. The average molecular weight is 538 g/mol. The van der Waals surface area contributed by atoms with Crippen LogP contribution in [0.25, 0.3) is 5.69 Å². The molecule has 2 atom stereocenters. The third-order valence-corrected chi connectivity index (χ3v) is 9.64. The van der Waals surface area contributed by atoms with Gasteiger partial charge >= 0.3 is 5.97 Å². The molecule has 1 fully saturated rings. The molecule has 1 saturated heterocycles. The van der Waals surface area contributed by atoms with Crippen molar-refractivity contribution >= 4 is 39.2 Å². The molecule has 0 radical (unpaired) electrons. The number of esters is 1. The van der Waals surface area contributed by atoms with E-state index in [0.29, 0.717) is 12.8 Å². The molecule has 0 amide bonds. The van der Waals surface area contributed by atoms with E-state index in [1.807, 2.05) is 0 Å². The van der Waals surface area contributed by atoms with E-state index in [-0.39, 0.29) is 46.2 Å². The number of hydrogen-bond acceptors (Lipinski definition) is 5.